The van der Waals surface area contributed by atoms with Crippen molar-refractivity contribution in [3.63, 3.8) is 0 Å². The largest absolute Gasteiger partial charge is 0.466 e. The van der Waals surface area contributed by atoms with Gasteiger partial charge in [0.25, 0.3) is 5.91 Å². The van der Waals surface area contributed by atoms with Gasteiger partial charge in [-0.05, 0) is 44.9 Å². The van der Waals surface area contributed by atoms with E-state index in [1.165, 1.54) is 12.1 Å². The first kappa shape index (κ1) is 18.9. The van der Waals surface area contributed by atoms with Crippen LogP contribution in [-0.4, -0.2) is 37.6 Å². The molecule has 1 aliphatic heterocycles. The number of benzene rings is 1. The molecule has 0 saturated carbocycles. The molecule has 1 fully saturated rings. The highest BCUT2D eigenvalue weighted by molar-refractivity contribution is 9.10. The number of nitrogens with one attached hydrogen (secondary N) is 2. The van der Waals surface area contributed by atoms with Crippen molar-refractivity contribution in [3.8, 4) is 0 Å². The topological polar surface area (TPSA) is 59.8 Å². The molecule has 1 amide bonds. The number of amides is 1. The van der Waals surface area contributed by atoms with Gasteiger partial charge in [0, 0.05) is 4.47 Å². The zero-order valence-corrected chi connectivity index (χ0v) is 15.5. The Morgan fingerprint density at radius 3 is 2.92 bits per heavy atom. The summed E-state index contributed by atoms with van der Waals surface area (Å²) in [6.07, 6.45) is 1.65. The fourth-order valence-corrected chi connectivity index (χ4v) is 3.30. The molecule has 2 rings (SSSR count). The molecule has 0 bridgehead atoms. The van der Waals surface area contributed by atoms with E-state index in [9.17, 15) is 14.0 Å². The lowest BCUT2D eigenvalue weighted by Crippen LogP contribution is -3.18. The Morgan fingerprint density at radius 1 is 1.50 bits per heavy atom. The Balaban J connectivity index is 1.98. The SMILES string of the molecule is CCOC(=O)[C@@H]1CCC[NH+]([C@@H](C)C(=O)Nc2ccc(Br)cc2F)C1. The number of hydrogen-bond donors (Lipinski definition) is 2. The number of halogens is 2. The zero-order chi connectivity index (χ0) is 17.7. The van der Waals surface area contributed by atoms with Crippen LogP contribution in [0, 0.1) is 11.7 Å². The normalized spacial score (nSPS) is 21.8. The molecule has 0 radical (unpaired) electrons. The highest BCUT2D eigenvalue weighted by Gasteiger charge is 2.35. The van der Waals surface area contributed by atoms with E-state index in [1.54, 1.807) is 19.9 Å². The first-order chi connectivity index (χ1) is 11.4. The summed E-state index contributed by atoms with van der Waals surface area (Å²) in [5.74, 6) is -1.10. The average molecular weight is 402 g/mol. The van der Waals surface area contributed by atoms with Crippen molar-refractivity contribution in [2.45, 2.75) is 32.7 Å². The predicted octanol–water partition coefficient (Wildman–Crippen LogP) is 1.77. The van der Waals surface area contributed by atoms with Gasteiger partial charge in [-0.1, -0.05) is 15.9 Å². The summed E-state index contributed by atoms with van der Waals surface area (Å²) in [5, 5.41) is 2.63. The monoisotopic (exact) mass is 401 g/mol. The van der Waals surface area contributed by atoms with Gasteiger partial charge in [0.05, 0.1) is 25.4 Å². The van der Waals surface area contributed by atoms with Gasteiger partial charge in [0.15, 0.2) is 6.04 Å². The fraction of sp³-hybridized carbons (Fsp3) is 0.529. The van der Waals surface area contributed by atoms with Crippen LogP contribution in [0.3, 0.4) is 0 Å². The molecule has 0 spiro atoms. The Hall–Kier alpha value is -1.47. The van der Waals surface area contributed by atoms with Crippen LogP contribution in [0.2, 0.25) is 0 Å². The molecule has 1 aromatic carbocycles. The summed E-state index contributed by atoms with van der Waals surface area (Å²) in [6.45, 7) is 5.33. The second-order valence-corrected chi connectivity index (χ2v) is 6.95. The molecule has 0 aliphatic carbocycles. The van der Waals surface area contributed by atoms with Crippen LogP contribution in [0.4, 0.5) is 10.1 Å². The standard InChI is InChI=1S/C17H22BrFN2O3/c1-3-24-17(23)12-5-4-8-21(10-12)11(2)16(22)20-15-7-6-13(18)9-14(15)19/h6-7,9,11-12H,3-5,8,10H2,1-2H3,(H,20,22)/p+1/t11-,12+/m0/s1. The summed E-state index contributed by atoms with van der Waals surface area (Å²) in [7, 11) is 0. The number of carbonyl (C=O) groups excluding carboxylic acids is 2. The van der Waals surface area contributed by atoms with E-state index >= 15 is 0 Å². The van der Waals surface area contributed by atoms with E-state index in [0.29, 0.717) is 17.6 Å². The molecular weight excluding hydrogens is 379 g/mol. The van der Waals surface area contributed by atoms with Gasteiger partial charge in [-0.25, -0.2) is 4.39 Å². The Labute approximate surface area is 149 Å². The quantitative estimate of drug-likeness (QED) is 0.739. The molecule has 5 nitrogen and oxygen atoms in total. The Kier molecular flexibility index (Phi) is 6.74. The number of carbonyl (C=O) groups is 2. The number of rotatable bonds is 5. The third-order valence-electron chi connectivity index (χ3n) is 4.37. The molecule has 2 N–H and O–H groups in total. The average Bonchev–Trinajstić information content (AvgIpc) is 2.57. The molecule has 1 heterocycles. The maximum atomic E-state index is 13.9. The minimum atomic E-state index is -0.483. The second kappa shape index (κ2) is 8.58. The number of anilines is 1. The zero-order valence-electron chi connectivity index (χ0n) is 13.9. The van der Waals surface area contributed by atoms with Gasteiger partial charge in [-0.3, -0.25) is 9.59 Å². The van der Waals surface area contributed by atoms with E-state index < -0.39 is 5.82 Å². The molecule has 1 unspecified atom stereocenters. The molecule has 7 heteroatoms. The van der Waals surface area contributed by atoms with Crippen molar-refractivity contribution in [2.75, 3.05) is 25.0 Å². The minimum Gasteiger partial charge on any atom is -0.466 e. The lowest BCUT2D eigenvalue weighted by Gasteiger charge is -2.32. The van der Waals surface area contributed by atoms with Crippen LogP contribution in [0.15, 0.2) is 22.7 Å². The summed E-state index contributed by atoms with van der Waals surface area (Å²) in [5.41, 5.74) is 0.161. The van der Waals surface area contributed by atoms with Crippen molar-refractivity contribution >= 4 is 33.5 Å². The van der Waals surface area contributed by atoms with Gasteiger partial charge in [0.1, 0.15) is 11.7 Å². The maximum absolute atomic E-state index is 13.9. The van der Waals surface area contributed by atoms with Gasteiger partial charge in [-0.2, -0.15) is 0 Å². The van der Waals surface area contributed by atoms with Crippen LogP contribution in [-0.2, 0) is 14.3 Å². The van der Waals surface area contributed by atoms with Crippen LogP contribution in [0.5, 0.6) is 0 Å². The van der Waals surface area contributed by atoms with Gasteiger partial charge in [-0.15, -0.1) is 0 Å². The van der Waals surface area contributed by atoms with E-state index in [2.05, 4.69) is 21.2 Å². The minimum absolute atomic E-state index is 0.161. The second-order valence-electron chi connectivity index (χ2n) is 6.04. The number of hydrogen-bond acceptors (Lipinski definition) is 3. The fourth-order valence-electron chi connectivity index (χ4n) is 2.97. The van der Waals surface area contributed by atoms with E-state index in [0.717, 1.165) is 24.3 Å². The van der Waals surface area contributed by atoms with Crippen LogP contribution in [0.25, 0.3) is 0 Å². The predicted molar refractivity (Wildman–Crippen MR) is 92.2 cm³/mol. The first-order valence-electron chi connectivity index (χ1n) is 8.19. The Bertz CT molecular complexity index is 611. The lowest BCUT2D eigenvalue weighted by molar-refractivity contribution is -0.921. The van der Waals surface area contributed by atoms with Gasteiger partial charge < -0.3 is 15.0 Å². The van der Waals surface area contributed by atoms with Crippen molar-refractivity contribution in [2.24, 2.45) is 5.92 Å². The molecule has 1 aromatic rings. The highest BCUT2D eigenvalue weighted by atomic mass is 79.9. The van der Waals surface area contributed by atoms with Crippen LogP contribution < -0.4 is 10.2 Å². The number of likely N-dealkylation sites (tertiary alicyclic amines) is 1. The number of piperidine rings is 1. The van der Waals surface area contributed by atoms with Crippen molar-refractivity contribution in [3.05, 3.63) is 28.5 Å². The first-order valence-corrected chi connectivity index (χ1v) is 8.98. The molecule has 132 valence electrons. The molecule has 3 atom stereocenters. The lowest BCUT2D eigenvalue weighted by atomic mass is 9.97. The number of esters is 1. The molecule has 1 saturated heterocycles. The summed E-state index contributed by atoms with van der Waals surface area (Å²) < 4.78 is 19.6. The smallest absolute Gasteiger partial charge is 0.314 e. The number of quaternary nitrogens is 1. The number of ether oxygens (including phenoxy) is 1. The van der Waals surface area contributed by atoms with Crippen molar-refractivity contribution in [1.29, 1.82) is 0 Å². The van der Waals surface area contributed by atoms with Crippen LogP contribution in [0.1, 0.15) is 26.7 Å². The summed E-state index contributed by atoms with van der Waals surface area (Å²) >= 11 is 3.19. The van der Waals surface area contributed by atoms with Crippen molar-refractivity contribution < 1.29 is 23.6 Å². The van der Waals surface area contributed by atoms with E-state index in [-0.39, 0.29) is 29.5 Å². The molecule has 1 aliphatic rings. The van der Waals surface area contributed by atoms with E-state index in [1.807, 2.05) is 0 Å². The highest BCUT2D eigenvalue weighted by Crippen LogP contribution is 2.19. The Morgan fingerprint density at radius 2 is 2.25 bits per heavy atom. The maximum Gasteiger partial charge on any atom is 0.314 e. The van der Waals surface area contributed by atoms with Crippen molar-refractivity contribution in [1.82, 2.24) is 0 Å². The van der Waals surface area contributed by atoms with Gasteiger partial charge in [0.2, 0.25) is 0 Å². The van der Waals surface area contributed by atoms with E-state index in [4.69, 9.17) is 4.74 Å². The molecule has 0 aromatic heterocycles. The summed E-state index contributed by atoms with van der Waals surface area (Å²) in [6, 6.07) is 4.14. The summed E-state index contributed by atoms with van der Waals surface area (Å²) in [4.78, 5) is 25.4. The molecular formula is C17H23BrFN2O3+. The third kappa shape index (κ3) is 4.77. The third-order valence-corrected chi connectivity index (χ3v) is 4.87. The molecule has 24 heavy (non-hydrogen) atoms. The van der Waals surface area contributed by atoms with Gasteiger partial charge >= 0.3 is 5.97 Å². The van der Waals surface area contributed by atoms with Crippen LogP contribution >= 0.6 is 15.9 Å².